The fourth-order valence-corrected chi connectivity index (χ4v) is 5.76. The van der Waals surface area contributed by atoms with Crippen molar-refractivity contribution in [1.82, 2.24) is 34.8 Å². The van der Waals surface area contributed by atoms with Crippen molar-refractivity contribution >= 4 is 35.1 Å². The van der Waals surface area contributed by atoms with Gasteiger partial charge in [-0.25, -0.2) is 14.7 Å². The van der Waals surface area contributed by atoms with Crippen molar-refractivity contribution in [2.75, 3.05) is 6.54 Å². The molecule has 2 aliphatic rings. The molecule has 2 aromatic rings. The number of nitrogens with two attached hydrogens (primary N) is 1. The number of ketones is 1. The van der Waals surface area contributed by atoms with Crippen molar-refractivity contribution < 1.29 is 29.1 Å². The lowest BCUT2D eigenvalue weighted by Gasteiger charge is -2.27. The molecule has 3 atom stereocenters. The Hall–Kier alpha value is -4.27. The summed E-state index contributed by atoms with van der Waals surface area (Å²) in [5.41, 5.74) is 4.19. The zero-order chi connectivity index (χ0) is 31.5. The maximum absolute atomic E-state index is 14.2. The average molecular weight is 598 g/mol. The maximum atomic E-state index is 14.2. The van der Waals surface area contributed by atoms with E-state index in [0.717, 1.165) is 32.1 Å². The summed E-state index contributed by atoms with van der Waals surface area (Å²) >= 11 is 0. The Morgan fingerprint density at radius 1 is 1.19 bits per heavy atom. The zero-order valence-corrected chi connectivity index (χ0v) is 24.9. The first kappa shape index (κ1) is 31.7. The number of imidazole rings is 1. The van der Waals surface area contributed by atoms with E-state index in [2.05, 4.69) is 25.6 Å². The van der Waals surface area contributed by atoms with Gasteiger partial charge in [-0.1, -0.05) is 37.3 Å². The third-order valence-corrected chi connectivity index (χ3v) is 8.09. The van der Waals surface area contributed by atoms with Crippen molar-refractivity contribution in [3.05, 3.63) is 30.1 Å². The van der Waals surface area contributed by atoms with Gasteiger partial charge in [-0.05, 0) is 33.1 Å². The molecule has 1 aliphatic carbocycles. The molecule has 4 amide bonds. The van der Waals surface area contributed by atoms with Gasteiger partial charge < -0.3 is 25.6 Å². The molecule has 1 saturated carbocycles. The molecular weight excluding hydrogens is 558 g/mol. The number of hydrogen-bond donors (Lipinski definition) is 3. The van der Waals surface area contributed by atoms with Crippen LogP contribution in [0.3, 0.4) is 0 Å². The van der Waals surface area contributed by atoms with Crippen molar-refractivity contribution in [1.29, 1.82) is 0 Å². The molecule has 43 heavy (non-hydrogen) atoms. The first-order valence-electron chi connectivity index (χ1n) is 14.4. The number of primary amides is 1. The molecule has 0 aromatic carbocycles. The fraction of sp³-hybridized carbons (Fsp3) is 0.607. The van der Waals surface area contributed by atoms with E-state index in [0.29, 0.717) is 5.69 Å². The molecule has 2 aromatic heterocycles. The molecule has 1 unspecified atom stereocenters. The SMILES string of the molecule is CC(NC(=O)[C@@H]1C[C@H](n2nncc2C(C)(C)O)CN1C(=O)C(CC1CCCCC1)=NC(=O)c1nccn1C)C(=O)C(N)=O. The molecule has 232 valence electrons. The third-order valence-electron chi connectivity index (χ3n) is 8.09. The highest BCUT2D eigenvalue weighted by Crippen LogP contribution is 2.33. The van der Waals surface area contributed by atoms with E-state index in [4.69, 9.17) is 5.73 Å². The standard InChI is InChI=1S/C28H39N9O6/c1-16(22(38)23(29)39)32-25(40)20-13-18(37-21(14-31-34-37)28(2,3)43)15-36(20)27(42)19(12-17-8-6-5-7-9-17)33-26(41)24-30-10-11-35(24)4/h10-11,14,16-18,20,43H,5-9,12-13,15H2,1-4H3,(H2,29,39)(H,32,40)/t16?,18-,20-/m0/s1. The molecule has 1 saturated heterocycles. The summed E-state index contributed by atoms with van der Waals surface area (Å²) in [6, 6.07) is -2.91. The Bertz CT molecular complexity index is 1420. The van der Waals surface area contributed by atoms with Gasteiger partial charge in [0.2, 0.25) is 17.5 Å². The van der Waals surface area contributed by atoms with Gasteiger partial charge in [0.15, 0.2) is 0 Å². The number of nitrogens with one attached hydrogen (secondary N) is 1. The Balaban J connectivity index is 1.70. The largest absolute Gasteiger partial charge is 0.384 e. The van der Waals surface area contributed by atoms with Crippen molar-refractivity contribution in [2.24, 2.45) is 23.7 Å². The highest BCUT2D eigenvalue weighted by Gasteiger charge is 2.44. The van der Waals surface area contributed by atoms with Crippen molar-refractivity contribution in [3.63, 3.8) is 0 Å². The Labute approximate surface area is 248 Å². The van der Waals surface area contributed by atoms with E-state index < -0.39 is 53.1 Å². The molecule has 0 spiro atoms. The maximum Gasteiger partial charge on any atom is 0.313 e. The topological polar surface area (TPSA) is 208 Å². The number of hydrogen-bond acceptors (Lipinski definition) is 9. The molecule has 3 heterocycles. The van der Waals surface area contributed by atoms with Gasteiger partial charge in [-0.2, -0.15) is 0 Å². The Morgan fingerprint density at radius 2 is 1.88 bits per heavy atom. The molecule has 4 N–H and O–H groups in total. The van der Waals surface area contributed by atoms with E-state index >= 15 is 0 Å². The molecule has 0 bridgehead atoms. The number of rotatable bonds is 10. The second-order valence-electron chi connectivity index (χ2n) is 11.9. The van der Waals surface area contributed by atoms with Crippen molar-refractivity contribution in [3.8, 4) is 0 Å². The summed E-state index contributed by atoms with van der Waals surface area (Å²) in [6.45, 7) is 4.45. The summed E-state index contributed by atoms with van der Waals surface area (Å²) in [6.07, 6.45) is 9.67. The molecular formula is C28H39N9O6. The highest BCUT2D eigenvalue weighted by molar-refractivity contribution is 6.41. The van der Waals surface area contributed by atoms with Crippen LogP contribution >= 0.6 is 0 Å². The highest BCUT2D eigenvalue weighted by atomic mass is 16.3. The number of aromatic nitrogens is 5. The first-order chi connectivity index (χ1) is 20.3. The van der Waals surface area contributed by atoms with Gasteiger partial charge in [0.25, 0.3) is 11.8 Å². The minimum absolute atomic E-state index is 0.0121. The molecule has 15 nitrogen and oxygen atoms in total. The number of carbonyl (C=O) groups is 5. The third kappa shape index (κ3) is 7.21. The number of likely N-dealkylation sites (tertiary alicyclic amines) is 1. The van der Waals surface area contributed by atoms with Gasteiger partial charge in [-0.3, -0.25) is 24.0 Å². The van der Waals surface area contributed by atoms with Gasteiger partial charge >= 0.3 is 5.91 Å². The minimum Gasteiger partial charge on any atom is -0.384 e. The summed E-state index contributed by atoms with van der Waals surface area (Å²) < 4.78 is 2.99. The van der Waals surface area contributed by atoms with Crippen LogP contribution in [0.4, 0.5) is 0 Å². The monoisotopic (exact) mass is 597 g/mol. The van der Waals surface area contributed by atoms with E-state index in [1.165, 1.54) is 33.5 Å². The quantitative estimate of drug-likeness (QED) is 0.252. The number of nitrogens with zero attached hydrogens (tertiary/aromatic N) is 7. The van der Waals surface area contributed by atoms with Crippen LogP contribution in [0.1, 0.15) is 88.1 Å². The second-order valence-corrected chi connectivity index (χ2v) is 11.9. The smallest absolute Gasteiger partial charge is 0.313 e. The van der Waals surface area contributed by atoms with Gasteiger partial charge in [-0.15, -0.1) is 5.10 Å². The van der Waals surface area contributed by atoms with Crippen LogP contribution in [0.5, 0.6) is 0 Å². The lowest BCUT2D eigenvalue weighted by Crippen LogP contribution is -2.52. The van der Waals surface area contributed by atoms with E-state index in [1.54, 1.807) is 27.1 Å². The number of Topliss-reactive ketones (excluding diaryl/α,β-unsaturated/α-hetero) is 1. The Kier molecular flexibility index (Phi) is 9.52. The predicted molar refractivity (Wildman–Crippen MR) is 152 cm³/mol. The first-order valence-corrected chi connectivity index (χ1v) is 14.4. The summed E-state index contributed by atoms with van der Waals surface area (Å²) in [5, 5.41) is 21.2. The average Bonchev–Trinajstić information content (AvgIpc) is 3.71. The minimum atomic E-state index is -1.32. The van der Waals surface area contributed by atoms with Crippen molar-refractivity contribution in [2.45, 2.75) is 89.4 Å². The number of aliphatic imine (C=N–C) groups is 1. The summed E-state index contributed by atoms with van der Waals surface area (Å²) in [4.78, 5) is 74.1. The van der Waals surface area contributed by atoms with E-state index in [9.17, 15) is 29.1 Å². The number of amides is 4. The van der Waals surface area contributed by atoms with Crippen LogP contribution in [0.2, 0.25) is 0 Å². The zero-order valence-electron chi connectivity index (χ0n) is 24.9. The summed E-state index contributed by atoms with van der Waals surface area (Å²) in [5.74, 6) is -3.94. The normalized spacial score (nSPS) is 20.6. The predicted octanol–water partition coefficient (Wildman–Crippen LogP) is 0.192. The van der Waals surface area contributed by atoms with Gasteiger partial charge in [0.1, 0.15) is 17.4 Å². The lowest BCUT2D eigenvalue weighted by atomic mass is 9.85. The number of aliphatic hydroxyl groups is 1. The Morgan fingerprint density at radius 3 is 2.49 bits per heavy atom. The van der Waals surface area contributed by atoms with Crippen LogP contribution in [-0.2, 0) is 31.8 Å². The van der Waals surface area contributed by atoms with Crippen LogP contribution in [0.15, 0.2) is 23.6 Å². The second kappa shape index (κ2) is 12.9. The van der Waals surface area contributed by atoms with E-state index in [-0.39, 0.29) is 36.8 Å². The number of aryl methyl sites for hydroxylation is 1. The van der Waals surface area contributed by atoms with Gasteiger partial charge in [0, 0.05) is 32.4 Å². The lowest BCUT2D eigenvalue weighted by molar-refractivity contribution is -0.139. The van der Waals surface area contributed by atoms with Crippen LogP contribution in [0.25, 0.3) is 0 Å². The number of carbonyl (C=O) groups excluding carboxylic acids is 5. The molecule has 1 aliphatic heterocycles. The molecule has 15 heteroatoms. The fourth-order valence-electron chi connectivity index (χ4n) is 5.76. The van der Waals surface area contributed by atoms with Crippen LogP contribution in [-0.4, -0.2) is 88.3 Å². The summed E-state index contributed by atoms with van der Waals surface area (Å²) in [7, 11) is 1.65. The molecule has 2 fully saturated rings. The van der Waals surface area contributed by atoms with E-state index in [1.807, 2.05) is 0 Å². The van der Waals surface area contributed by atoms with Gasteiger partial charge in [0.05, 0.1) is 24.0 Å². The van der Waals surface area contributed by atoms with Crippen LogP contribution < -0.4 is 11.1 Å². The molecule has 4 rings (SSSR count). The molecule has 0 radical (unpaired) electrons. The van der Waals surface area contributed by atoms with Crippen LogP contribution in [0, 0.1) is 5.92 Å².